The van der Waals surface area contributed by atoms with Crippen molar-refractivity contribution in [3.05, 3.63) is 65.3 Å². The molecule has 2 fully saturated rings. The van der Waals surface area contributed by atoms with Crippen molar-refractivity contribution in [3.8, 4) is 11.1 Å². The molecule has 12 heteroatoms. The molecule has 2 saturated carbocycles. The molecule has 3 aromatic rings. The summed E-state index contributed by atoms with van der Waals surface area (Å²) >= 11 is 0. The summed E-state index contributed by atoms with van der Waals surface area (Å²) in [6.45, 7) is 3.79. The van der Waals surface area contributed by atoms with Crippen LogP contribution in [0.3, 0.4) is 0 Å². The maximum Gasteiger partial charge on any atom is 0.270 e. The Labute approximate surface area is 223 Å². The SMILES string of the molecule is CC(C)n1nccc1C(=O)N[C@H](C(=O)Nc1ccc(-c2c[n+]([O-])ccc2C(F)F)c(F)n1)C(C1CC1)C1CC1. The minimum Gasteiger partial charge on any atom is -0.619 e. The van der Waals surface area contributed by atoms with Gasteiger partial charge in [-0.15, -0.1) is 0 Å². The summed E-state index contributed by atoms with van der Waals surface area (Å²) < 4.78 is 43.8. The summed E-state index contributed by atoms with van der Waals surface area (Å²) in [4.78, 5) is 30.6. The van der Waals surface area contributed by atoms with Gasteiger partial charge >= 0.3 is 0 Å². The van der Waals surface area contributed by atoms with Crippen molar-refractivity contribution < 1.29 is 27.5 Å². The van der Waals surface area contributed by atoms with Crippen LogP contribution in [0.25, 0.3) is 11.1 Å². The predicted octanol–water partition coefficient (Wildman–Crippen LogP) is 4.41. The molecule has 39 heavy (non-hydrogen) atoms. The Morgan fingerprint density at radius 1 is 1.08 bits per heavy atom. The molecule has 0 spiro atoms. The predicted molar refractivity (Wildman–Crippen MR) is 135 cm³/mol. The Balaban J connectivity index is 1.40. The second-order valence-corrected chi connectivity index (χ2v) is 10.5. The van der Waals surface area contributed by atoms with E-state index in [1.807, 2.05) is 13.8 Å². The average Bonchev–Trinajstić information content (AvgIpc) is 3.82. The summed E-state index contributed by atoms with van der Waals surface area (Å²) in [6, 6.07) is 4.05. The van der Waals surface area contributed by atoms with Crippen molar-refractivity contribution in [3.63, 3.8) is 0 Å². The Morgan fingerprint density at radius 2 is 1.77 bits per heavy atom. The molecule has 3 heterocycles. The molecule has 0 saturated heterocycles. The van der Waals surface area contributed by atoms with Gasteiger partial charge in [-0.05, 0) is 75.5 Å². The highest BCUT2D eigenvalue weighted by atomic mass is 19.3. The zero-order valence-corrected chi connectivity index (χ0v) is 21.5. The molecule has 2 amide bonds. The first kappa shape index (κ1) is 26.6. The second-order valence-electron chi connectivity index (χ2n) is 10.5. The van der Waals surface area contributed by atoms with Gasteiger partial charge in [-0.3, -0.25) is 14.3 Å². The van der Waals surface area contributed by atoms with Gasteiger partial charge in [-0.1, -0.05) is 0 Å². The van der Waals surface area contributed by atoms with E-state index in [1.165, 1.54) is 18.3 Å². The molecule has 206 valence electrons. The Bertz CT molecular complexity index is 1370. The average molecular weight is 543 g/mol. The van der Waals surface area contributed by atoms with Crippen LogP contribution in [0.2, 0.25) is 0 Å². The third-order valence-electron chi connectivity index (χ3n) is 7.27. The lowest BCUT2D eigenvalue weighted by Gasteiger charge is -2.27. The first-order valence-corrected chi connectivity index (χ1v) is 13.0. The summed E-state index contributed by atoms with van der Waals surface area (Å²) in [6.07, 6.45) is 4.22. The molecule has 0 aromatic carbocycles. The topological polar surface area (TPSA) is 116 Å². The number of aromatic nitrogens is 4. The lowest BCUT2D eigenvalue weighted by molar-refractivity contribution is -0.605. The zero-order chi connectivity index (χ0) is 27.8. The molecular weight excluding hydrogens is 513 g/mol. The van der Waals surface area contributed by atoms with E-state index >= 15 is 4.39 Å². The van der Waals surface area contributed by atoms with Crippen LogP contribution >= 0.6 is 0 Å². The van der Waals surface area contributed by atoms with E-state index in [0.29, 0.717) is 22.3 Å². The van der Waals surface area contributed by atoms with Gasteiger partial charge in [-0.2, -0.15) is 14.2 Å². The van der Waals surface area contributed by atoms with E-state index in [4.69, 9.17) is 0 Å². The summed E-state index contributed by atoms with van der Waals surface area (Å²) in [5.74, 6) is -1.69. The second kappa shape index (κ2) is 10.7. The molecule has 1 atom stereocenters. The largest absolute Gasteiger partial charge is 0.619 e. The number of hydrogen-bond acceptors (Lipinski definition) is 5. The van der Waals surface area contributed by atoms with Crippen molar-refractivity contribution >= 4 is 17.6 Å². The van der Waals surface area contributed by atoms with Crippen LogP contribution in [0.1, 0.15) is 68.0 Å². The first-order valence-electron chi connectivity index (χ1n) is 13.0. The molecule has 2 N–H and O–H groups in total. The minimum atomic E-state index is -2.93. The first-order chi connectivity index (χ1) is 18.6. The number of carbonyl (C=O) groups is 2. The molecule has 3 aromatic heterocycles. The number of amides is 2. The van der Waals surface area contributed by atoms with Gasteiger partial charge in [-0.25, -0.2) is 13.8 Å². The number of anilines is 1. The summed E-state index contributed by atoms with van der Waals surface area (Å²) in [7, 11) is 0. The number of carbonyl (C=O) groups excluding carboxylic acids is 2. The van der Waals surface area contributed by atoms with Crippen LogP contribution in [0, 0.1) is 28.9 Å². The van der Waals surface area contributed by atoms with Crippen LogP contribution in [0.4, 0.5) is 19.0 Å². The van der Waals surface area contributed by atoms with Gasteiger partial charge in [0.05, 0.1) is 5.56 Å². The van der Waals surface area contributed by atoms with E-state index in [2.05, 4.69) is 20.7 Å². The lowest BCUT2D eigenvalue weighted by Crippen LogP contribution is -2.50. The summed E-state index contributed by atoms with van der Waals surface area (Å²) in [5, 5.41) is 21.4. The Hall–Kier alpha value is -3.96. The summed E-state index contributed by atoms with van der Waals surface area (Å²) in [5.41, 5.74) is -0.774. The molecule has 0 unspecified atom stereocenters. The smallest absolute Gasteiger partial charge is 0.270 e. The van der Waals surface area contributed by atoms with Gasteiger partial charge in [0.1, 0.15) is 17.6 Å². The van der Waals surface area contributed by atoms with Crippen molar-refractivity contribution in [2.45, 2.75) is 58.0 Å². The van der Waals surface area contributed by atoms with Gasteiger partial charge in [0.25, 0.3) is 12.3 Å². The number of alkyl halides is 2. The fourth-order valence-corrected chi connectivity index (χ4v) is 5.16. The zero-order valence-electron chi connectivity index (χ0n) is 21.5. The number of pyridine rings is 2. The minimum absolute atomic E-state index is 0.0623. The third-order valence-corrected chi connectivity index (χ3v) is 7.27. The number of nitrogens with zero attached hydrogens (tertiary/aromatic N) is 4. The highest BCUT2D eigenvalue weighted by Crippen LogP contribution is 2.51. The molecule has 0 radical (unpaired) electrons. The van der Waals surface area contributed by atoms with Crippen LogP contribution in [-0.4, -0.2) is 32.6 Å². The molecule has 9 nitrogen and oxygen atoms in total. The molecule has 5 rings (SSSR count). The quantitative estimate of drug-likeness (QED) is 0.224. The van der Waals surface area contributed by atoms with Crippen molar-refractivity contribution in [2.75, 3.05) is 5.32 Å². The molecule has 2 aliphatic rings. The van der Waals surface area contributed by atoms with E-state index in [0.717, 1.165) is 44.1 Å². The van der Waals surface area contributed by atoms with Gasteiger partial charge in [0.15, 0.2) is 12.4 Å². The van der Waals surface area contributed by atoms with Crippen molar-refractivity contribution in [2.24, 2.45) is 17.8 Å². The van der Waals surface area contributed by atoms with Gasteiger partial charge in [0.2, 0.25) is 11.9 Å². The van der Waals surface area contributed by atoms with Gasteiger partial charge < -0.3 is 15.8 Å². The third kappa shape index (κ3) is 5.74. The van der Waals surface area contributed by atoms with E-state index in [9.17, 15) is 23.6 Å². The Morgan fingerprint density at radius 3 is 2.36 bits per heavy atom. The highest BCUT2D eigenvalue weighted by Gasteiger charge is 2.48. The van der Waals surface area contributed by atoms with Crippen LogP contribution in [0.15, 0.2) is 42.9 Å². The van der Waals surface area contributed by atoms with Crippen LogP contribution < -0.4 is 15.4 Å². The normalized spacial score (nSPS) is 16.1. The van der Waals surface area contributed by atoms with Crippen molar-refractivity contribution in [1.82, 2.24) is 20.1 Å². The molecule has 0 bridgehead atoms. The van der Waals surface area contributed by atoms with Crippen LogP contribution in [-0.2, 0) is 4.79 Å². The molecular formula is C27H29F3N6O3. The highest BCUT2D eigenvalue weighted by molar-refractivity contribution is 6.00. The number of rotatable bonds is 10. The maximum absolute atomic E-state index is 15.0. The fraction of sp³-hybridized carbons (Fsp3) is 0.444. The standard InChI is InChI=1S/C27H29F3N6O3/c1-14(2)36-20(9-11-31-36)26(37)34-23(22(15-3-4-15)16-5-6-16)27(38)33-21-8-7-18(25(30)32-21)19-13-35(39)12-10-17(19)24(28)29/h7-16,22-24H,3-6H2,1-2H3,(H,34,37)(H,32,33,38)/t23-/m0/s1. The fourth-order valence-electron chi connectivity index (χ4n) is 5.16. The lowest BCUT2D eigenvalue weighted by atomic mass is 9.88. The maximum atomic E-state index is 15.0. The van der Waals surface area contributed by atoms with Crippen molar-refractivity contribution in [1.29, 1.82) is 0 Å². The van der Waals surface area contributed by atoms with E-state index in [-0.39, 0.29) is 28.9 Å². The number of halogens is 3. The van der Waals surface area contributed by atoms with E-state index < -0.39 is 35.8 Å². The number of hydrogen-bond donors (Lipinski definition) is 2. The molecule has 0 aliphatic heterocycles. The van der Waals surface area contributed by atoms with E-state index in [1.54, 1.807) is 10.7 Å². The molecule has 2 aliphatic carbocycles. The monoisotopic (exact) mass is 542 g/mol. The van der Waals surface area contributed by atoms with Gasteiger partial charge in [0, 0.05) is 29.4 Å². The number of nitrogens with one attached hydrogen (secondary N) is 2. The van der Waals surface area contributed by atoms with Crippen LogP contribution in [0.5, 0.6) is 0 Å². The Kier molecular flexibility index (Phi) is 7.28.